The van der Waals surface area contributed by atoms with Crippen LogP contribution in [0.15, 0.2) is 9.64 Å². The molecule has 1 amide bonds. The van der Waals surface area contributed by atoms with Gasteiger partial charge in [-0.3, -0.25) is 4.79 Å². The van der Waals surface area contributed by atoms with Crippen LogP contribution in [0.3, 0.4) is 0 Å². The second-order valence-electron chi connectivity index (χ2n) is 5.90. The van der Waals surface area contributed by atoms with Gasteiger partial charge in [-0.2, -0.15) is 0 Å². The lowest BCUT2D eigenvalue weighted by atomic mass is 10.2. The number of carbonyl (C=O) groups is 1. The summed E-state index contributed by atoms with van der Waals surface area (Å²) in [5.41, 5.74) is 0. The van der Waals surface area contributed by atoms with Crippen LogP contribution in [0.2, 0.25) is 0 Å². The van der Waals surface area contributed by atoms with E-state index in [-0.39, 0.29) is 35.2 Å². The van der Waals surface area contributed by atoms with Crippen molar-refractivity contribution in [2.75, 3.05) is 31.4 Å². The van der Waals surface area contributed by atoms with E-state index in [0.717, 1.165) is 18.2 Å². The lowest BCUT2D eigenvalue weighted by Crippen LogP contribution is -3.06. The summed E-state index contributed by atoms with van der Waals surface area (Å²) < 4.78 is 28.3. The van der Waals surface area contributed by atoms with E-state index in [1.165, 1.54) is 4.90 Å². The molecule has 0 spiro atoms. The van der Waals surface area contributed by atoms with Crippen LogP contribution >= 0.6 is 11.8 Å². The van der Waals surface area contributed by atoms with E-state index in [4.69, 9.17) is 4.42 Å². The van der Waals surface area contributed by atoms with Crippen LogP contribution in [-0.4, -0.2) is 61.9 Å². The number of hydrogen-bond donors (Lipinski definition) is 2. The van der Waals surface area contributed by atoms with Crippen LogP contribution in [0, 0.1) is 0 Å². The third kappa shape index (κ3) is 5.18. The fraction of sp³-hybridized carbons (Fsp3) is 0.769. The Morgan fingerprint density at radius 3 is 2.78 bits per heavy atom. The normalized spacial score (nSPS) is 21.5. The van der Waals surface area contributed by atoms with E-state index in [9.17, 15) is 13.2 Å². The van der Waals surface area contributed by atoms with E-state index < -0.39 is 9.84 Å². The number of carbonyl (C=O) groups excluding carboxylic acids is 1. The van der Waals surface area contributed by atoms with Gasteiger partial charge in [0.2, 0.25) is 5.91 Å². The monoisotopic (exact) mass is 363 g/mol. The molecule has 1 aliphatic rings. The Bertz CT molecular complexity index is 644. The molecule has 2 N–H and O–H groups in total. The van der Waals surface area contributed by atoms with Gasteiger partial charge in [0, 0.05) is 12.5 Å². The topological polar surface area (TPSA) is 107 Å². The van der Waals surface area contributed by atoms with E-state index in [0.29, 0.717) is 17.5 Å². The molecule has 8 nitrogen and oxygen atoms in total. The number of hydrogen-bond acceptors (Lipinski definition) is 7. The number of nitrogens with one attached hydrogen (secondary N) is 2. The summed E-state index contributed by atoms with van der Waals surface area (Å²) in [4.78, 5) is 13.1. The third-order valence-electron chi connectivity index (χ3n) is 3.75. The molecule has 2 atom stereocenters. The van der Waals surface area contributed by atoms with Crippen LogP contribution < -0.4 is 10.2 Å². The molecule has 2 rings (SSSR count). The average Bonchev–Trinajstić information content (AvgIpc) is 3.04. The van der Waals surface area contributed by atoms with Gasteiger partial charge >= 0.3 is 0 Å². The summed E-state index contributed by atoms with van der Waals surface area (Å²) in [6.07, 6.45) is 1.36. The zero-order valence-electron chi connectivity index (χ0n) is 13.5. The van der Waals surface area contributed by atoms with Crippen molar-refractivity contribution >= 4 is 27.5 Å². The number of nitrogens with zero attached hydrogens (tertiary/aromatic N) is 2. The molecule has 23 heavy (non-hydrogen) atoms. The molecule has 0 aliphatic carbocycles. The molecule has 130 valence electrons. The summed E-state index contributed by atoms with van der Waals surface area (Å²) in [6.45, 7) is 2.05. The van der Waals surface area contributed by atoms with Crippen LogP contribution in [0.5, 0.6) is 0 Å². The Morgan fingerprint density at radius 1 is 1.48 bits per heavy atom. The smallest absolute Gasteiger partial charge is 0.277 e. The number of thioether (sulfide) groups is 1. The first-order valence-electron chi connectivity index (χ1n) is 7.56. The lowest BCUT2D eigenvalue weighted by Gasteiger charge is -2.15. The van der Waals surface area contributed by atoms with Crippen LogP contribution in [0.25, 0.3) is 0 Å². The van der Waals surface area contributed by atoms with Gasteiger partial charge in [-0.05, 0) is 6.42 Å². The molecule has 1 aromatic heterocycles. The first-order chi connectivity index (χ1) is 10.8. The molecular formula is C13H23N4O4S2+. The number of quaternary nitrogens is 1. The maximum Gasteiger partial charge on any atom is 0.277 e. The van der Waals surface area contributed by atoms with Gasteiger partial charge in [0.25, 0.3) is 11.1 Å². The van der Waals surface area contributed by atoms with Gasteiger partial charge in [-0.1, -0.05) is 18.7 Å². The SMILES string of the molecule is CC[C@H](c1nnc(SCC(=O)N[C@H]2CCS(=O)(=O)C2)o1)[NH+](C)C. The van der Waals surface area contributed by atoms with Crippen molar-refractivity contribution in [3.8, 4) is 0 Å². The minimum atomic E-state index is -2.99. The highest BCUT2D eigenvalue weighted by Crippen LogP contribution is 2.20. The van der Waals surface area contributed by atoms with Gasteiger partial charge in [0.15, 0.2) is 15.9 Å². The Hall–Kier alpha value is -1.13. The summed E-state index contributed by atoms with van der Waals surface area (Å²) >= 11 is 1.16. The molecule has 10 heteroatoms. The number of sulfone groups is 1. The van der Waals surface area contributed by atoms with Gasteiger partial charge in [-0.15, -0.1) is 10.2 Å². The van der Waals surface area contributed by atoms with Crippen molar-refractivity contribution in [2.24, 2.45) is 0 Å². The predicted molar refractivity (Wildman–Crippen MR) is 86.1 cm³/mol. The molecule has 0 radical (unpaired) electrons. The van der Waals surface area contributed by atoms with Crippen LogP contribution in [0.4, 0.5) is 0 Å². The third-order valence-corrected chi connectivity index (χ3v) is 6.34. The average molecular weight is 363 g/mol. The number of rotatable bonds is 7. The molecule has 0 unspecified atom stereocenters. The van der Waals surface area contributed by atoms with Crippen LogP contribution in [0.1, 0.15) is 31.7 Å². The first-order valence-corrected chi connectivity index (χ1v) is 10.4. The Kier molecular flexibility index (Phi) is 6.04. The highest BCUT2D eigenvalue weighted by atomic mass is 32.2. The standard InChI is InChI=1S/C13H22N4O4S2/c1-4-10(17(2)3)12-15-16-13(21-12)22-7-11(18)14-9-5-6-23(19,20)8-9/h9-10H,4-8H2,1-3H3,(H,14,18)/p+1/t9-,10+/m0/s1. The van der Waals surface area contributed by atoms with Crippen LogP contribution in [-0.2, 0) is 14.6 Å². The second-order valence-corrected chi connectivity index (χ2v) is 9.06. The van der Waals surface area contributed by atoms with E-state index in [1.54, 1.807) is 0 Å². The summed E-state index contributed by atoms with van der Waals surface area (Å²) in [5.74, 6) is 0.643. The number of aromatic nitrogens is 2. The van der Waals surface area contributed by atoms with Crippen molar-refractivity contribution in [2.45, 2.75) is 37.1 Å². The fourth-order valence-electron chi connectivity index (χ4n) is 2.55. The van der Waals surface area contributed by atoms with E-state index in [1.807, 2.05) is 14.1 Å². The van der Waals surface area contributed by atoms with Crippen molar-refractivity contribution < 1.29 is 22.5 Å². The summed E-state index contributed by atoms with van der Waals surface area (Å²) in [7, 11) is 1.05. The zero-order chi connectivity index (χ0) is 17.0. The number of amides is 1. The van der Waals surface area contributed by atoms with Crippen molar-refractivity contribution in [1.82, 2.24) is 15.5 Å². The largest absolute Gasteiger partial charge is 0.410 e. The highest BCUT2D eigenvalue weighted by Gasteiger charge is 2.29. The zero-order valence-corrected chi connectivity index (χ0v) is 15.2. The van der Waals surface area contributed by atoms with Gasteiger partial charge in [-0.25, -0.2) is 8.42 Å². The molecule has 1 aliphatic heterocycles. The lowest BCUT2D eigenvalue weighted by molar-refractivity contribution is -0.894. The molecule has 0 aromatic carbocycles. The Morgan fingerprint density at radius 2 is 2.22 bits per heavy atom. The van der Waals surface area contributed by atoms with Gasteiger partial charge in [0.05, 0.1) is 31.4 Å². The predicted octanol–water partition coefficient (Wildman–Crippen LogP) is -0.939. The van der Waals surface area contributed by atoms with Crippen molar-refractivity contribution in [1.29, 1.82) is 0 Å². The molecular weight excluding hydrogens is 340 g/mol. The van der Waals surface area contributed by atoms with E-state index in [2.05, 4.69) is 22.4 Å². The van der Waals surface area contributed by atoms with E-state index >= 15 is 0 Å². The second kappa shape index (κ2) is 7.63. The molecule has 0 saturated carbocycles. The van der Waals surface area contributed by atoms with Gasteiger partial charge < -0.3 is 14.6 Å². The summed E-state index contributed by atoms with van der Waals surface area (Å²) in [6, 6.07) is -0.150. The molecule has 1 fully saturated rings. The Labute approximate surface area is 140 Å². The maximum atomic E-state index is 11.9. The minimum Gasteiger partial charge on any atom is -0.410 e. The first kappa shape index (κ1) is 18.2. The molecule has 0 bridgehead atoms. The summed E-state index contributed by atoms with van der Waals surface area (Å²) in [5, 5.41) is 11.1. The molecule has 1 aromatic rings. The van der Waals surface area contributed by atoms with Crippen molar-refractivity contribution in [3.63, 3.8) is 0 Å². The molecule has 1 saturated heterocycles. The minimum absolute atomic E-state index is 0.0257. The maximum absolute atomic E-state index is 11.9. The van der Waals surface area contributed by atoms with Crippen molar-refractivity contribution in [3.05, 3.63) is 5.89 Å². The molecule has 2 heterocycles. The van der Waals surface area contributed by atoms with Gasteiger partial charge in [0.1, 0.15) is 0 Å². The fourth-order valence-corrected chi connectivity index (χ4v) is 4.81. The quantitative estimate of drug-likeness (QED) is 0.602. The highest BCUT2D eigenvalue weighted by molar-refractivity contribution is 7.99. The Balaban J connectivity index is 1.82.